The minimum absolute atomic E-state index is 0.404. The van der Waals surface area contributed by atoms with Crippen LogP contribution in [0.3, 0.4) is 0 Å². The zero-order chi connectivity index (χ0) is 12.8. The highest BCUT2D eigenvalue weighted by Gasteiger charge is 2.11. The molecule has 0 saturated carbocycles. The van der Waals surface area contributed by atoms with Crippen LogP contribution in [0.15, 0.2) is 24.3 Å². The van der Waals surface area contributed by atoms with Gasteiger partial charge < -0.3 is 10.4 Å². The lowest BCUT2D eigenvalue weighted by Crippen LogP contribution is -2.29. The summed E-state index contributed by atoms with van der Waals surface area (Å²) in [6, 6.07) is 8.37. The van der Waals surface area contributed by atoms with Crippen molar-refractivity contribution in [3.05, 3.63) is 35.4 Å². The van der Waals surface area contributed by atoms with E-state index in [1.54, 1.807) is 0 Å². The van der Waals surface area contributed by atoms with Crippen LogP contribution < -0.4 is 5.32 Å². The number of nitrogens with one attached hydrogen (secondary N) is 1. The summed E-state index contributed by atoms with van der Waals surface area (Å²) < 4.78 is 0. The fourth-order valence-corrected chi connectivity index (χ4v) is 2.53. The van der Waals surface area contributed by atoms with Gasteiger partial charge in [0.1, 0.15) is 0 Å². The Kier molecular flexibility index (Phi) is 5.17. The summed E-state index contributed by atoms with van der Waals surface area (Å²) in [5.41, 5.74) is 2.34. The number of likely N-dealkylation sites (tertiary alicyclic amines) is 1. The molecule has 3 heteroatoms. The van der Waals surface area contributed by atoms with Crippen LogP contribution in [0.4, 0.5) is 0 Å². The molecule has 100 valence electrons. The van der Waals surface area contributed by atoms with Crippen molar-refractivity contribution in [2.75, 3.05) is 26.7 Å². The van der Waals surface area contributed by atoms with Crippen molar-refractivity contribution in [3.63, 3.8) is 0 Å². The van der Waals surface area contributed by atoms with E-state index in [4.69, 9.17) is 0 Å². The van der Waals surface area contributed by atoms with Crippen molar-refractivity contribution in [2.45, 2.75) is 31.9 Å². The van der Waals surface area contributed by atoms with Crippen LogP contribution >= 0.6 is 0 Å². The third kappa shape index (κ3) is 3.80. The Balaban J connectivity index is 1.90. The molecule has 1 aromatic carbocycles. The summed E-state index contributed by atoms with van der Waals surface area (Å²) in [4.78, 5) is 2.52. The van der Waals surface area contributed by atoms with Gasteiger partial charge in [0.15, 0.2) is 0 Å². The number of benzene rings is 1. The van der Waals surface area contributed by atoms with E-state index in [0.717, 1.165) is 12.1 Å². The Morgan fingerprint density at radius 2 is 1.83 bits per heavy atom. The van der Waals surface area contributed by atoms with Crippen molar-refractivity contribution in [1.82, 2.24) is 10.2 Å². The van der Waals surface area contributed by atoms with Gasteiger partial charge in [-0.1, -0.05) is 30.7 Å². The summed E-state index contributed by atoms with van der Waals surface area (Å²) >= 11 is 0. The summed E-state index contributed by atoms with van der Waals surface area (Å²) in [7, 11) is 1.86. The lowest BCUT2D eigenvalue weighted by molar-refractivity contribution is 0.177. The molecular formula is C15H24N2O. The first-order valence-corrected chi connectivity index (χ1v) is 6.93. The van der Waals surface area contributed by atoms with Crippen molar-refractivity contribution >= 4 is 0 Å². The molecular weight excluding hydrogens is 224 g/mol. The van der Waals surface area contributed by atoms with Gasteiger partial charge in [0.25, 0.3) is 0 Å². The summed E-state index contributed by atoms with van der Waals surface area (Å²) in [6.07, 6.45) is 3.64. The second kappa shape index (κ2) is 6.88. The number of aliphatic hydroxyl groups is 1. The average molecular weight is 248 g/mol. The highest BCUT2D eigenvalue weighted by atomic mass is 16.3. The average Bonchev–Trinajstić information content (AvgIpc) is 2.41. The molecule has 0 radical (unpaired) electrons. The first-order valence-electron chi connectivity index (χ1n) is 6.93. The van der Waals surface area contributed by atoms with E-state index in [-0.39, 0.29) is 0 Å². The van der Waals surface area contributed by atoms with Crippen LogP contribution in [0.5, 0.6) is 0 Å². The number of likely N-dealkylation sites (N-methyl/N-ethyl adjacent to an activating group) is 1. The third-order valence-electron chi connectivity index (χ3n) is 3.62. The van der Waals surface area contributed by atoms with Gasteiger partial charge in [0, 0.05) is 13.1 Å². The summed E-state index contributed by atoms with van der Waals surface area (Å²) in [5, 5.41) is 12.8. The van der Waals surface area contributed by atoms with Gasteiger partial charge in [-0.3, -0.25) is 4.90 Å². The fourth-order valence-electron chi connectivity index (χ4n) is 2.53. The van der Waals surface area contributed by atoms with E-state index in [1.165, 1.54) is 37.9 Å². The maximum Gasteiger partial charge on any atom is 0.0914 e. The molecule has 1 aliphatic rings. The molecule has 1 fully saturated rings. The van der Waals surface area contributed by atoms with Crippen molar-refractivity contribution < 1.29 is 5.11 Å². The molecule has 3 nitrogen and oxygen atoms in total. The molecule has 2 rings (SSSR count). The number of rotatable bonds is 5. The molecule has 1 saturated heterocycles. The largest absolute Gasteiger partial charge is 0.387 e. The van der Waals surface area contributed by atoms with Crippen LogP contribution in [0.2, 0.25) is 0 Å². The smallest absolute Gasteiger partial charge is 0.0914 e. The zero-order valence-corrected chi connectivity index (χ0v) is 11.2. The van der Waals surface area contributed by atoms with E-state index in [0.29, 0.717) is 6.54 Å². The van der Waals surface area contributed by atoms with Crippen LogP contribution in [0.1, 0.15) is 36.5 Å². The molecule has 18 heavy (non-hydrogen) atoms. The predicted molar refractivity (Wildman–Crippen MR) is 74.5 cm³/mol. The lowest BCUT2D eigenvalue weighted by atomic mass is 10.1. The Bertz CT molecular complexity index is 344. The second-order valence-electron chi connectivity index (χ2n) is 5.15. The number of nitrogens with zero attached hydrogens (tertiary/aromatic N) is 1. The van der Waals surface area contributed by atoms with Crippen molar-refractivity contribution in [1.29, 1.82) is 0 Å². The van der Waals surface area contributed by atoms with Crippen LogP contribution in [0.25, 0.3) is 0 Å². The monoisotopic (exact) mass is 248 g/mol. The molecule has 1 unspecified atom stereocenters. The Morgan fingerprint density at radius 1 is 1.17 bits per heavy atom. The van der Waals surface area contributed by atoms with E-state index in [2.05, 4.69) is 22.3 Å². The Labute approximate surface area is 110 Å². The molecule has 0 amide bonds. The van der Waals surface area contributed by atoms with E-state index < -0.39 is 6.10 Å². The number of hydrogen-bond acceptors (Lipinski definition) is 3. The molecule has 0 aliphatic carbocycles. The molecule has 1 heterocycles. The van der Waals surface area contributed by atoms with Gasteiger partial charge in [-0.2, -0.15) is 0 Å². The summed E-state index contributed by atoms with van der Waals surface area (Å²) in [6.45, 7) is 4.10. The fraction of sp³-hybridized carbons (Fsp3) is 0.600. The van der Waals surface area contributed by atoms with Gasteiger partial charge in [0.2, 0.25) is 0 Å². The van der Waals surface area contributed by atoms with E-state index in [9.17, 15) is 5.11 Å². The topological polar surface area (TPSA) is 35.5 Å². The van der Waals surface area contributed by atoms with E-state index >= 15 is 0 Å². The molecule has 1 aromatic rings. The Morgan fingerprint density at radius 3 is 2.44 bits per heavy atom. The van der Waals surface area contributed by atoms with Gasteiger partial charge in [-0.05, 0) is 44.1 Å². The third-order valence-corrected chi connectivity index (χ3v) is 3.62. The van der Waals surface area contributed by atoms with Crippen molar-refractivity contribution in [3.8, 4) is 0 Å². The number of piperidine rings is 1. The molecule has 2 N–H and O–H groups in total. The molecule has 1 aliphatic heterocycles. The van der Waals surface area contributed by atoms with Gasteiger partial charge >= 0.3 is 0 Å². The molecule has 0 bridgehead atoms. The maximum absolute atomic E-state index is 9.86. The summed E-state index contributed by atoms with van der Waals surface area (Å²) in [5.74, 6) is 0. The second-order valence-corrected chi connectivity index (χ2v) is 5.15. The van der Waals surface area contributed by atoms with Gasteiger partial charge in [-0.15, -0.1) is 0 Å². The van der Waals surface area contributed by atoms with Gasteiger partial charge in [0.05, 0.1) is 6.10 Å². The number of aliphatic hydroxyl groups excluding tert-OH is 1. The zero-order valence-electron chi connectivity index (χ0n) is 11.2. The van der Waals surface area contributed by atoms with Crippen LogP contribution in [0, 0.1) is 0 Å². The normalized spacial score (nSPS) is 18.8. The van der Waals surface area contributed by atoms with Gasteiger partial charge in [-0.25, -0.2) is 0 Å². The SMILES string of the molecule is CNCC(O)c1ccc(CN2CCCCC2)cc1. The van der Waals surface area contributed by atoms with Crippen molar-refractivity contribution in [2.24, 2.45) is 0 Å². The minimum atomic E-state index is -0.404. The molecule has 0 spiro atoms. The van der Waals surface area contributed by atoms with Crippen LogP contribution in [-0.2, 0) is 6.54 Å². The maximum atomic E-state index is 9.86. The van der Waals surface area contributed by atoms with Crippen LogP contribution in [-0.4, -0.2) is 36.7 Å². The highest BCUT2D eigenvalue weighted by molar-refractivity contribution is 5.24. The molecule has 0 aromatic heterocycles. The lowest BCUT2D eigenvalue weighted by Gasteiger charge is -2.26. The first kappa shape index (κ1) is 13.5. The quantitative estimate of drug-likeness (QED) is 0.836. The molecule has 1 atom stereocenters. The predicted octanol–water partition coefficient (Wildman–Crippen LogP) is 1.93. The minimum Gasteiger partial charge on any atom is -0.387 e. The first-order chi connectivity index (χ1) is 8.79. The van der Waals surface area contributed by atoms with E-state index in [1.807, 2.05) is 19.2 Å². The highest BCUT2D eigenvalue weighted by Crippen LogP contribution is 2.16. The standard InChI is InChI=1S/C15H24N2O/c1-16-11-15(18)14-7-5-13(6-8-14)12-17-9-3-2-4-10-17/h5-8,15-16,18H,2-4,9-12H2,1H3. The number of hydrogen-bond donors (Lipinski definition) is 2. The Hall–Kier alpha value is -0.900.